The summed E-state index contributed by atoms with van der Waals surface area (Å²) in [5.74, 6) is -0.673. The molecule has 100 valence electrons. The number of nitrogens with zero attached hydrogens (tertiary/aromatic N) is 1. The molecule has 6 heteroatoms. The van der Waals surface area contributed by atoms with Crippen LogP contribution in [0.4, 0.5) is 0 Å². The van der Waals surface area contributed by atoms with Gasteiger partial charge in [-0.1, -0.05) is 23.7 Å². The van der Waals surface area contributed by atoms with E-state index in [1.165, 1.54) is 0 Å². The third-order valence-electron chi connectivity index (χ3n) is 2.83. The smallest absolute Gasteiger partial charge is 0.220 e. The summed E-state index contributed by atoms with van der Waals surface area (Å²) < 4.78 is 0. The number of amides is 1. The molecule has 0 spiro atoms. The largest absolute Gasteiger partial charge is 0.390 e. The van der Waals surface area contributed by atoms with Crippen molar-refractivity contribution in [2.45, 2.75) is 18.6 Å². The molecule has 2 rings (SSSR count). The Morgan fingerprint density at radius 2 is 2.11 bits per heavy atom. The number of aliphatic hydroxyl groups is 2. The molecule has 5 nitrogen and oxygen atoms in total. The number of hydrogen-bond donors (Lipinski definition) is 3. The molecule has 2 aromatic rings. The van der Waals surface area contributed by atoms with Gasteiger partial charge in [-0.2, -0.15) is 0 Å². The topological polar surface area (TPSA) is 96.4 Å². The van der Waals surface area contributed by atoms with Crippen LogP contribution in [0.5, 0.6) is 0 Å². The van der Waals surface area contributed by atoms with Gasteiger partial charge in [-0.05, 0) is 17.7 Å². The number of pyridine rings is 1. The predicted octanol–water partition coefficient (Wildman–Crippen LogP) is 1.16. The average Bonchev–Trinajstić information content (AvgIpc) is 2.37. The van der Waals surface area contributed by atoms with Crippen LogP contribution in [0.15, 0.2) is 30.5 Å². The second-order valence-corrected chi connectivity index (χ2v) is 4.66. The van der Waals surface area contributed by atoms with E-state index in [1.807, 2.05) is 0 Å². The summed E-state index contributed by atoms with van der Waals surface area (Å²) in [5.41, 5.74) is 6.04. The van der Waals surface area contributed by atoms with E-state index in [2.05, 4.69) is 4.98 Å². The maximum Gasteiger partial charge on any atom is 0.220 e. The second-order valence-electron chi connectivity index (χ2n) is 4.25. The Morgan fingerprint density at radius 1 is 1.37 bits per heavy atom. The van der Waals surface area contributed by atoms with Crippen molar-refractivity contribution in [2.24, 2.45) is 5.73 Å². The van der Waals surface area contributed by atoms with Gasteiger partial charge in [0.05, 0.1) is 23.1 Å². The average molecular weight is 281 g/mol. The minimum absolute atomic E-state index is 0.303. The van der Waals surface area contributed by atoms with Crippen molar-refractivity contribution in [3.63, 3.8) is 0 Å². The molecule has 0 aliphatic carbocycles. The van der Waals surface area contributed by atoms with Crippen LogP contribution in [0.25, 0.3) is 10.9 Å². The number of rotatable bonds is 4. The predicted molar refractivity (Wildman–Crippen MR) is 71.5 cm³/mol. The van der Waals surface area contributed by atoms with Gasteiger partial charge in [0, 0.05) is 11.6 Å². The number of benzene rings is 1. The van der Waals surface area contributed by atoms with Gasteiger partial charge in [-0.15, -0.1) is 0 Å². The standard InChI is InChI=1S/C13H13ClN2O3/c14-9-3-4-16-10-5-7(1-2-8(9)10)13(19)11(17)6-12(15)18/h1-5,11,13,17,19H,6H2,(H2,15,18). The van der Waals surface area contributed by atoms with Gasteiger partial charge in [0.25, 0.3) is 0 Å². The molecule has 2 atom stereocenters. The molecule has 0 saturated heterocycles. The highest BCUT2D eigenvalue weighted by Crippen LogP contribution is 2.26. The van der Waals surface area contributed by atoms with Crippen LogP contribution in [0.1, 0.15) is 18.1 Å². The molecule has 1 aromatic carbocycles. The third kappa shape index (κ3) is 3.01. The van der Waals surface area contributed by atoms with Crippen molar-refractivity contribution >= 4 is 28.4 Å². The lowest BCUT2D eigenvalue weighted by Gasteiger charge is -2.17. The molecule has 0 aliphatic rings. The van der Waals surface area contributed by atoms with Crippen molar-refractivity contribution in [1.29, 1.82) is 0 Å². The minimum Gasteiger partial charge on any atom is -0.390 e. The number of primary amides is 1. The Kier molecular flexibility index (Phi) is 3.99. The fraction of sp³-hybridized carbons (Fsp3) is 0.231. The Bertz CT molecular complexity index is 618. The summed E-state index contributed by atoms with van der Waals surface area (Å²) in [6.45, 7) is 0. The van der Waals surface area contributed by atoms with Gasteiger partial charge in [-0.25, -0.2) is 0 Å². The molecule has 1 amide bonds. The highest BCUT2D eigenvalue weighted by molar-refractivity contribution is 6.35. The summed E-state index contributed by atoms with van der Waals surface area (Å²) in [6.07, 6.45) is -1.19. The van der Waals surface area contributed by atoms with Crippen LogP contribution in [-0.4, -0.2) is 27.2 Å². The number of halogens is 1. The normalized spacial score (nSPS) is 14.3. The zero-order valence-electron chi connectivity index (χ0n) is 9.95. The molecular formula is C13H13ClN2O3. The highest BCUT2D eigenvalue weighted by Gasteiger charge is 2.20. The minimum atomic E-state index is -1.24. The van der Waals surface area contributed by atoms with E-state index < -0.39 is 18.1 Å². The van der Waals surface area contributed by atoms with Gasteiger partial charge >= 0.3 is 0 Å². The molecule has 19 heavy (non-hydrogen) atoms. The van der Waals surface area contributed by atoms with Gasteiger partial charge in [0.2, 0.25) is 5.91 Å². The molecule has 1 heterocycles. The van der Waals surface area contributed by atoms with Crippen LogP contribution in [0.3, 0.4) is 0 Å². The van der Waals surface area contributed by atoms with E-state index in [1.54, 1.807) is 30.5 Å². The number of aliphatic hydroxyl groups excluding tert-OH is 2. The fourth-order valence-corrected chi connectivity index (χ4v) is 2.07. The summed E-state index contributed by atoms with van der Waals surface area (Å²) in [6, 6.07) is 6.63. The Morgan fingerprint density at radius 3 is 2.79 bits per heavy atom. The second kappa shape index (κ2) is 5.52. The lowest BCUT2D eigenvalue weighted by atomic mass is 10.0. The molecule has 0 fully saturated rings. The number of aromatic nitrogens is 1. The van der Waals surface area contributed by atoms with E-state index in [-0.39, 0.29) is 6.42 Å². The third-order valence-corrected chi connectivity index (χ3v) is 3.16. The maximum atomic E-state index is 10.7. The molecule has 2 unspecified atom stereocenters. The van der Waals surface area contributed by atoms with Crippen LogP contribution < -0.4 is 5.73 Å². The van der Waals surface area contributed by atoms with E-state index >= 15 is 0 Å². The van der Waals surface area contributed by atoms with Crippen molar-refractivity contribution < 1.29 is 15.0 Å². The number of fused-ring (bicyclic) bond motifs is 1. The fourth-order valence-electron chi connectivity index (χ4n) is 1.85. The number of carbonyl (C=O) groups excluding carboxylic acids is 1. The first-order chi connectivity index (χ1) is 8.99. The van der Waals surface area contributed by atoms with Gasteiger partial charge in [0.1, 0.15) is 6.10 Å². The zero-order valence-corrected chi connectivity index (χ0v) is 10.7. The van der Waals surface area contributed by atoms with Crippen molar-refractivity contribution in [3.05, 3.63) is 41.0 Å². The number of nitrogens with two attached hydrogens (primary N) is 1. The van der Waals surface area contributed by atoms with Gasteiger partial charge < -0.3 is 15.9 Å². The molecule has 4 N–H and O–H groups in total. The molecule has 0 bridgehead atoms. The van der Waals surface area contributed by atoms with Crippen LogP contribution in [-0.2, 0) is 4.79 Å². The van der Waals surface area contributed by atoms with Crippen LogP contribution >= 0.6 is 11.6 Å². The van der Waals surface area contributed by atoms with Crippen molar-refractivity contribution in [3.8, 4) is 0 Å². The summed E-state index contributed by atoms with van der Waals surface area (Å²) in [5, 5.41) is 20.9. The summed E-state index contributed by atoms with van der Waals surface area (Å²) >= 11 is 6.01. The first-order valence-electron chi connectivity index (χ1n) is 5.67. The van der Waals surface area contributed by atoms with Crippen LogP contribution in [0.2, 0.25) is 5.02 Å². The highest BCUT2D eigenvalue weighted by atomic mass is 35.5. The molecule has 0 saturated carbocycles. The van der Waals surface area contributed by atoms with Crippen LogP contribution in [0, 0.1) is 0 Å². The van der Waals surface area contributed by atoms with E-state index in [9.17, 15) is 15.0 Å². The molecule has 0 aliphatic heterocycles. The van der Waals surface area contributed by atoms with E-state index in [0.717, 1.165) is 5.39 Å². The summed E-state index contributed by atoms with van der Waals surface area (Å²) in [4.78, 5) is 14.9. The van der Waals surface area contributed by atoms with Gasteiger partial charge in [-0.3, -0.25) is 9.78 Å². The van der Waals surface area contributed by atoms with Crippen molar-refractivity contribution in [1.82, 2.24) is 4.98 Å². The number of hydrogen-bond acceptors (Lipinski definition) is 4. The zero-order chi connectivity index (χ0) is 14.0. The SMILES string of the molecule is NC(=O)CC(O)C(O)c1ccc2c(Cl)ccnc2c1. The Hall–Kier alpha value is -1.69. The molecule has 1 aromatic heterocycles. The monoisotopic (exact) mass is 280 g/mol. The first kappa shape index (κ1) is 13.7. The van der Waals surface area contributed by atoms with Gasteiger partial charge in [0.15, 0.2) is 0 Å². The number of carbonyl (C=O) groups is 1. The lowest BCUT2D eigenvalue weighted by molar-refractivity contribution is -0.121. The molecule has 0 radical (unpaired) electrons. The summed E-state index contributed by atoms with van der Waals surface area (Å²) in [7, 11) is 0. The Labute approximate surface area is 114 Å². The van der Waals surface area contributed by atoms with E-state index in [4.69, 9.17) is 17.3 Å². The van der Waals surface area contributed by atoms with E-state index in [0.29, 0.717) is 16.1 Å². The molecular weight excluding hydrogens is 268 g/mol. The Balaban J connectivity index is 2.33. The maximum absolute atomic E-state index is 10.7. The van der Waals surface area contributed by atoms with Crippen molar-refractivity contribution in [2.75, 3.05) is 0 Å². The quantitative estimate of drug-likeness (QED) is 0.783. The lowest BCUT2D eigenvalue weighted by Crippen LogP contribution is -2.25. The first-order valence-corrected chi connectivity index (χ1v) is 6.05.